The lowest BCUT2D eigenvalue weighted by molar-refractivity contribution is -0.154. The highest BCUT2D eigenvalue weighted by atomic mass is 16.5. The van der Waals surface area contributed by atoms with Crippen LogP contribution in [-0.2, 0) is 54.3 Å². The van der Waals surface area contributed by atoms with Crippen molar-refractivity contribution in [1.82, 2.24) is 45.8 Å². The summed E-state index contributed by atoms with van der Waals surface area (Å²) in [6.45, 7) is 19.2. The molecule has 20 nitrogen and oxygen atoms in total. The number of ether oxygens (including phenoxy) is 1. The number of rotatable bonds is 12. The van der Waals surface area contributed by atoms with Crippen LogP contribution in [0.5, 0.6) is 0 Å². The molecule has 0 bridgehead atoms. The van der Waals surface area contributed by atoms with Crippen LogP contribution in [0.4, 0.5) is 0 Å². The second-order valence-electron chi connectivity index (χ2n) is 22.2. The van der Waals surface area contributed by atoms with E-state index < -0.39 is 120 Å². The SMILES string of the molecule is CC(C)C[C@@H]1NC(=O)[C@H](C(C)O)NC(=O)[C@H](CC(C)C)N(C)C(=O)[C@H](Cc2ccccc2)N(C)C(=O)[C@H](C)N(C)C(=O)C(C(=O)N2CCCCC2)NC(=O)[C@H](COC(C)(C)C)NC(=O)[C@H](CC(C)C)N(C)C1=O. The van der Waals surface area contributed by atoms with Crippen molar-refractivity contribution < 1.29 is 53.0 Å². The van der Waals surface area contributed by atoms with Crippen molar-refractivity contribution in [3.63, 3.8) is 0 Å². The molecule has 2 aliphatic rings. The number of amides is 9. The van der Waals surface area contributed by atoms with E-state index in [0.29, 0.717) is 31.5 Å². The molecule has 73 heavy (non-hydrogen) atoms. The highest BCUT2D eigenvalue weighted by molar-refractivity contribution is 6.09. The molecule has 2 saturated heterocycles. The van der Waals surface area contributed by atoms with Gasteiger partial charge in [0.2, 0.25) is 41.4 Å². The minimum absolute atomic E-state index is 0.0149. The topological polar surface area (TPSA) is 247 Å². The van der Waals surface area contributed by atoms with Crippen molar-refractivity contribution in [2.45, 2.75) is 181 Å². The fraction of sp³-hybridized carbons (Fsp3) is 0.717. The van der Waals surface area contributed by atoms with E-state index in [4.69, 9.17) is 4.74 Å². The monoisotopic (exact) mass is 1030 g/mol. The summed E-state index contributed by atoms with van der Waals surface area (Å²) in [5.41, 5.74) is -0.155. The minimum atomic E-state index is -1.86. The van der Waals surface area contributed by atoms with Crippen LogP contribution in [0, 0.1) is 17.8 Å². The average molecular weight is 1030 g/mol. The van der Waals surface area contributed by atoms with Gasteiger partial charge >= 0.3 is 0 Å². The maximum absolute atomic E-state index is 15.0. The Morgan fingerprint density at radius 1 is 0.603 bits per heavy atom. The number of carbonyl (C=O) groups is 9. The van der Waals surface area contributed by atoms with Gasteiger partial charge in [-0.1, -0.05) is 71.9 Å². The Morgan fingerprint density at radius 2 is 1.10 bits per heavy atom. The van der Waals surface area contributed by atoms with E-state index in [1.54, 1.807) is 51.1 Å². The van der Waals surface area contributed by atoms with E-state index in [-0.39, 0.29) is 43.4 Å². The lowest BCUT2D eigenvalue weighted by Gasteiger charge is -2.38. The standard InChI is InChI=1S/C53H87N9O11/c1-31(2)26-37-49(69)59(13)39(27-32(3)4)45(65)55-38(30-73-53(9,10)11)44(64)57-43(52(72)62-24-20-17-21-25-62)51(71)58(12)34(7)48(68)61(15)41(29-36-22-18-16-19-23-36)50(70)60(14)40(28-33(5)6)46(66)56-42(35(8)63)47(67)54-37/h16,18-19,22-23,31-35,37-43,63H,17,20-21,24-30H2,1-15H3,(H,54,67)(H,55,65)(H,56,66)(H,57,64)/t34-,35?,37-,38-,39-,40-,41-,42-,43?/m0/s1. The summed E-state index contributed by atoms with van der Waals surface area (Å²) in [4.78, 5) is 138. The molecule has 0 aromatic heterocycles. The summed E-state index contributed by atoms with van der Waals surface area (Å²) in [7, 11) is 5.55. The Bertz CT molecular complexity index is 2070. The molecule has 9 atom stereocenters. The number of benzene rings is 1. The van der Waals surface area contributed by atoms with Crippen molar-refractivity contribution in [3.8, 4) is 0 Å². The van der Waals surface area contributed by atoms with Crippen LogP contribution in [0.3, 0.4) is 0 Å². The Labute approximate surface area is 433 Å². The Hall–Kier alpha value is -5.63. The van der Waals surface area contributed by atoms with Crippen molar-refractivity contribution in [3.05, 3.63) is 35.9 Å². The van der Waals surface area contributed by atoms with Gasteiger partial charge in [0.15, 0.2) is 6.04 Å². The number of hydrogen-bond donors (Lipinski definition) is 5. The first-order valence-corrected chi connectivity index (χ1v) is 25.9. The minimum Gasteiger partial charge on any atom is -0.391 e. The fourth-order valence-electron chi connectivity index (χ4n) is 8.96. The molecule has 0 radical (unpaired) electrons. The van der Waals surface area contributed by atoms with E-state index >= 15 is 0 Å². The fourth-order valence-corrected chi connectivity index (χ4v) is 8.96. The number of piperidine rings is 1. The van der Waals surface area contributed by atoms with Crippen LogP contribution in [0.2, 0.25) is 0 Å². The van der Waals surface area contributed by atoms with Crippen LogP contribution >= 0.6 is 0 Å². The predicted octanol–water partition coefficient (Wildman–Crippen LogP) is 1.86. The zero-order chi connectivity index (χ0) is 55.2. The summed E-state index contributed by atoms with van der Waals surface area (Å²) in [5.74, 6) is -7.56. The second kappa shape index (κ2) is 27.6. The van der Waals surface area contributed by atoms with Crippen molar-refractivity contribution >= 4 is 53.2 Å². The molecule has 1 aromatic rings. The van der Waals surface area contributed by atoms with Gasteiger partial charge in [-0.3, -0.25) is 43.2 Å². The number of nitrogens with one attached hydrogen (secondary N) is 4. The molecule has 5 N–H and O–H groups in total. The summed E-state index contributed by atoms with van der Waals surface area (Å²) in [5, 5.41) is 21.8. The molecule has 410 valence electrons. The van der Waals surface area contributed by atoms with Crippen molar-refractivity contribution in [2.75, 3.05) is 47.9 Å². The Balaban J connectivity index is 2.34. The molecule has 0 spiro atoms. The Kier molecular flexibility index (Phi) is 23.3. The zero-order valence-corrected chi connectivity index (χ0v) is 46.2. The average Bonchev–Trinajstić information content (AvgIpc) is 3.33. The molecular weight excluding hydrogens is 939 g/mol. The number of nitrogens with zero attached hydrogens (tertiary/aromatic N) is 5. The summed E-state index contributed by atoms with van der Waals surface area (Å²) < 4.78 is 6.04. The lowest BCUT2D eigenvalue weighted by Crippen LogP contribution is -2.64. The zero-order valence-electron chi connectivity index (χ0n) is 46.2. The highest BCUT2D eigenvalue weighted by Crippen LogP contribution is 2.21. The van der Waals surface area contributed by atoms with Gasteiger partial charge in [0.1, 0.15) is 42.3 Å². The molecule has 20 heteroatoms. The normalized spacial score (nSPS) is 26.2. The molecule has 0 aliphatic carbocycles. The number of carbonyl (C=O) groups excluding carboxylic acids is 9. The third-order valence-electron chi connectivity index (χ3n) is 13.4. The summed E-state index contributed by atoms with van der Waals surface area (Å²) in [6, 6.07) is -2.37. The first-order valence-electron chi connectivity index (χ1n) is 25.9. The molecule has 2 aliphatic heterocycles. The molecule has 0 saturated carbocycles. The summed E-state index contributed by atoms with van der Waals surface area (Å²) >= 11 is 0. The quantitative estimate of drug-likeness (QED) is 0.189. The third-order valence-corrected chi connectivity index (χ3v) is 13.4. The smallest absolute Gasteiger partial charge is 0.255 e. The molecule has 2 fully saturated rings. The number of likely N-dealkylation sites (tertiary alicyclic amines) is 1. The number of aliphatic hydroxyl groups is 1. The molecular formula is C53H87N9O11. The van der Waals surface area contributed by atoms with E-state index in [1.165, 1.54) is 61.6 Å². The number of likely N-dealkylation sites (N-methyl/N-ethyl adjacent to an activating group) is 4. The number of aliphatic hydroxyl groups excluding tert-OH is 1. The summed E-state index contributed by atoms with van der Waals surface area (Å²) in [6.07, 6.45) is 0.964. The maximum atomic E-state index is 15.0. The molecule has 3 rings (SSSR count). The molecule has 9 amide bonds. The van der Waals surface area contributed by atoms with E-state index in [1.807, 2.05) is 41.5 Å². The van der Waals surface area contributed by atoms with Gasteiger partial charge < -0.3 is 55.6 Å². The van der Waals surface area contributed by atoms with Crippen LogP contribution in [0.25, 0.3) is 0 Å². The lowest BCUT2D eigenvalue weighted by atomic mass is 9.97. The van der Waals surface area contributed by atoms with E-state index in [0.717, 1.165) is 11.3 Å². The highest BCUT2D eigenvalue weighted by Gasteiger charge is 2.44. The van der Waals surface area contributed by atoms with Gasteiger partial charge in [-0.05, 0) is 96.5 Å². The molecule has 1 aromatic carbocycles. The van der Waals surface area contributed by atoms with Gasteiger partial charge in [0.05, 0.1) is 18.3 Å². The van der Waals surface area contributed by atoms with Crippen molar-refractivity contribution in [2.24, 2.45) is 17.8 Å². The third kappa shape index (κ3) is 17.8. The van der Waals surface area contributed by atoms with Crippen LogP contribution in [0.15, 0.2) is 30.3 Å². The van der Waals surface area contributed by atoms with Gasteiger partial charge in [0, 0.05) is 47.7 Å². The number of hydrogen-bond acceptors (Lipinski definition) is 11. The van der Waals surface area contributed by atoms with Crippen LogP contribution < -0.4 is 21.3 Å². The van der Waals surface area contributed by atoms with Gasteiger partial charge in [-0.25, -0.2) is 0 Å². The largest absolute Gasteiger partial charge is 0.391 e. The first kappa shape index (κ1) is 61.7. The van der Waals surface area contributed by atoms with Crippen molar-refractivity contribution in [1.29, 1.82) is 0 Å². The van der Waals surface area contributed by atoms with Crippen LogP contribution in [-0.4, -0.2) is 191 Å². The van der Waals surface area contributed by atoms with Gasteiger partial charge in [0.25, 0.3) is 11.8 Å². The molecule has 2 heterocycles. The molecule has 2 unspecified atom stereocenters. The second-order valence-corrected chi connectivity index (χ2v) is 22.2. The van der Waals surface area contributed by atoms with E-state index in [9.17, 15) is 48.3 Å². The van der Waals surface area contributed by atoms with Crippen LogP contribution in [0.1, 0.15) is 120 Å². The maximum Gasteiger partial charge on any atom is 0.255 e. The van der Waals surface area contributed by atoms with Gasteiger partial charge in [-0.15, -0.1) is 0 Å². The van der Waals surface area contributed by atoms with E-state index in [2.05, 4.69) is 21.3 Å². The van der Waals surface area contributed by atoms with Gasteiger partial charge in [-0.2, -0.15) is 0 Å². The Morgan fingerprint density at radius 3 is 1.60 bits per heavy atom. The predicted molar refractivity (Wildman–Crippen MR) is 276 cm³/mol. The first-order chi connectivity index (χ1) is 34.0.